The molecule has 2 amide bonds. The van der Waals surface area contributed by atoms with E-state index in [-0.39, 0.29) is 24.3 Å². The quantitative estimate of drug-likeness (QED) is 0.736. The Bertz CT molecular complexity index is 448. The fourth-order valence-electron chi connectivity index (χ4n) is 1.28. The lowest BCUT2D eigenvalue weighted by molar-refractivity contribution is -0.127. The van der Waals surface area contributed by atoms with E-state index in [1.54, 1.807) is 6.07 Å². The Labute approximate surface area is 121 Å². The SMILES string of the molecule is CC(C)[C@H](N)C(=O)NCC(=O)NCc1ccc(Cl)s1. The number of carbonyl (C=O) groups is 2. The summed E-state index contributed by atoms with van der Waals surface area (Å²) in [5.41, 5.74) is 5.66. The number of amides is 2. The van der Waals surface area contributed by atoms with Crippen molar-refractivity contribution in [2.45, 2.75) is 26.4 Å². The minimum atomic E-state index is -0.594. The van der Waals surface area contributed by atoms with Crippen molar-refractivity contribution in [1.29, 1.82) is 0 Å². The summed E-state index contributed by atoms with van der Waals surface area (Å²) in [4.78, 5) is 24.0. The maximum atomic E-state index is 11.5. The van der Waals surface area contributed by atoms with Crippen LogP contribution in [0.25, 0.3) is 0 Å². The van der Waals surface area contributed by atoms with Gasteiger partial charge in [0.15, 0.2) is 0 Å². The van der Waals surface area contributed by atoms with E-state index >= 15 is 0 Å². The average molecular weight is 304 g/mol. The van der Waals surface area contributed by atoms with Crippen LogP contribution in [-0.4, -0.2) is 24.4 Å². The van der Waals surface area contributed by atoms with E-state index in [9.17, 15) is 9.59 Å². The summed E-state index contributed by atoms with van der Waals surface area (Å²) < 4.78 is 0.681. The number of hydrogen-bond donors (Lipinski definition) is 3. The average Bonchev–Trinajstić information content (AvgIpc) is 2.78. The molecule has 0 aliphatic heterocycles. The van der Waals surface area contributed by atoms with Crippen LogP contribution in [0.4, 0.5) is 0 Å². The van der Waals surface area contributed by atoms with E-state index in [2.05, 4.69) is 10.6 Å². The first-order valence-electron chi connectivity index (χ1n) is 5.94. The molecule has 5 nitrogen and oxygen atoms in total. The molecule has 106 valence electrons. The van der Waals surface area contributed by atoms with Crippen LogP contribution in [0.15, 0.2) is 12.1 Å². The smallest absolute Gasteiger partial charge is 0.239 e. The molecule has 0 saturated heterocycles. The molecule has 0 fully saturated rings. The molecule has 1 aromatic heterocycles. The van der Waals surface area contributed by atoms with E-state index in [0.29, 0.717) is 10.9 Å². The topological polar surface area (TPSA) is 84.2 Å². The lowest BCUT2D eigenvalue weighted by Crippen LogP contribution is -2.47. The van der Waals surface area contributed by atoms with Crippen molar-refractivity contribution < 1.29 is 9.59 Å². The Balaban J connectivity index is 2.26. The Morgan fingerprint density at radius 1 is 1.37 bits per heavy atom. The molecular weight excluding hydrogens is 286 g/mol. The molecule has 0 aromatic carbocycles. The minimum absolute atomic E-state index is 0.0383. The maximum Gasteiger partial charge on any atom is 0.239 e. The molecule has 7 heteroatoms. The van der Waals surface area contributed by atoms with Crippen LogP contribution in [0.1, 0.15) is 18.7 Å². The highest BCUT2D eigenvalue weighted by Gasteiger charge is 2.17. The zero-order valence-corrected chi connectivity index (χ0v) is 12.5. The zero-order valence-electron chi connectivity index (χ0n) is 10.9. The molecule has 4 N–H and O–H groups in total. The number of halogens is 1. The molecule has 0 aliphatic rings. The number of rotatable bonds is 6. The Hall–Kier alpha value is -1.11. The maximum absolute atomic E-state index is 11.5. The number of carbonyl (C=O) groups excluding carboxylic acids is 2. The monoisotopic (exact) mass is 303 g/mol. The van der Waals surface area contributed by atoms with E-state index in [4.69, 9.17) is 17.3 Å². The van der Waals surface area contributed by atoms with E-state index < -0.39 is 6.04 Å². The summed E-state index contributed by atoms with van der Waals surface area (Å²) in [6, 6.07) is 3.03. The van der Waals surface area contributed by atoms with E-state index in [0.717, 1.165) is 4.88 Å². The van der Waals surface area contributed by atoms with Crippen molar-refractivity contribution in [2.24, 2.45) is 11.7 Å². The van der Waals surface area contributed by atoms with Crippen LogP contribution in [0.3, 0.4) is 0 Å². The van der Waals surface area contributed by atoms with Crippen LogP contribution in [0.5, 0.6) is 0 Å². The number of thiophene rings is 1. The number of nitrogens with one attached hydrogen (secondary N) is 2. The second kappa shape index (κ2) is 7.47. The van der Waals surface area contributed by atoms with Gasteiger partial charge >= 0.3 is 0 Å². The zero-order chi connectivity index (χ0) is 14.4. The lowest BCUT2D eigenvalue weighted by Gasteiger charge is -2.15. The summed E-state index contributed by atoms with van der Waals surface area (Å²) in [5.74, 6) is -0.533. The van der Waals surface area contributed by atoms with E-state index in [1.807, 2.05) is 19.9 Å². The molecular formula is C12H18ClN3O2S. The van der Waals surface area contributed by atoms with Crippen molar-refractivity contribution in [3.63, 3.8) is 0 Å². The summed E-state index contributed by atoms with van der Waals surface area (Å²) >= 11 is 7.18. The van der Waals surface area contributed by atoms with Crippen LogP contribution in [0.2, 0.25) is 4.34 Å². The normalized spacial score (nSPS) is 12.3. The molecule has 0 bridgehead atoms. The Morgan fingerprint density at radius 3 is 2.58 bits per heavy atom. The first-order chi connectivity index (χ1) is 8.90. The van der Waals surface area contributed by atoms with Gasteiger partial charge in [0.2, 0.25) is 11.8 Å². The molecule has 0 unspecified atom stereocenters. The highest BCUT2D eigenvalue weighted by atomic mass is 35.5. The van der Waals surface area contributed by atoms with Gasteiger partial charge in [0.05, 0.1) is 23.5 Å². The predicted octanol–water partition coefficient (Wildman–Crippen LogP) is 1.12. The fraction of sp³-hybridized carbons (Fsp3) is 0.500. The molecule has 0 radical (unpaired) electrons. The summed E-state index contributed by atoms with van der Waals surface area (Å²) in [6.45, 7) is 4.04. The van der Waals surface area contributed by atoms with Gasteiger partial charge in [0, 0.05) is 4.88 Å². The van der Waals surface area contributed by atoms with Crippen LogP contribution < -0.4 is 16.4 Å². The summed E-state index contributed by atoms with van der Waals surface area (Å²) in [7, 11) is 0. The molecule has 1 heterocycles. The fourth-order valence-corrected chi connectivity index (χ4v) is 2.31. The molecule has 0 aliphatic carbocycles. The highest BCUT2D eigenvalue weighted by Crippen LogP contribution is 2.20. The number of hydrogen-bond acceptors (Lipinski definition) is 4. The van der Waals surface area contributed by atoms with E-state index in [1.165, 1.54) is 11.3 Å². The van der Waals surface area contributed by atoms with Gasteiger partial charge in [-0.05, 0) is 18.1 Å². The summed E-state index contributed by atoms with van der Waals surface area (Å²) in [5, 5.41) is 5.20. The van der Waals surface area contributed by atoms with Gasteiger partial charge in [-0.2, -0.15) is 0 Å². The van der Waals surface area contributed by atoms with Gasteiger partial charge in [-0.25, -0.2) is 0 Å². The van der Waals surface area contributed by atoms with Crippen molar-refractivity contribution in [1.82, 2.24) is 10.6 Å². The molecule has 1 rings (SSSR count). The van der Waals surface area contributed by atoms with Gasteiger partial charge in [-0.15, -0.1) is 11.3 Å². The van der Waals surface area contributed by atoms with Gasteiger partial charge in [-0.3, -0.25) is 9.59 Å². The molecule has 0 spiro atoms. The summed E-state index contributed by atoms with van der Waals surface area (Å²) in [6.07, 6.45) is 0. The van der Waals surface area contributed by atoms with Crippen molar-refractivity contribution >= 4 is 34.8 Å². The molecule has 1 aromatic rings. The van der Waals surface area contributed by atoms with Crippen molar-refractivity contribution in [2.75, 3.05) is 6.54 Å². The lowest BCUT2D eigenvalue weighted by atomic mass is 10.1. The largest absolute Gasteiger partial charge is 0.350 e. The van der Waals surface area contributed by atoms with Crippen LogP contribution in [-0.2, 0) is 16.1 Å². The Kier molecular flexibility index (Phi) is 6.27. The van der Waals surface area contributed by atoms with Gasteiger partial charge in [0.25, 0.3) is 0 Å². The van der Waals surface area contributed by atoms with Gasteiger partial charge in [-0.1, -0.05) is 25.4 Å². The highest BCUT2D eigenvalue weighted by molar-refractivity contribution is 7.16. The third kappa shape index (κ3) is 5.59. The second-order valence-corrected chi connectivity index (χ2v) is 6.27. The second-order valence-electron chi connectivity index (χ2n) is 4.47. The van der Waals surface area contributed by atoms with Crippen LogP contribution in [0, 0.1) is 5.92 Å². The molecule has 0 saturated carbocycles. The molecule has 1 atom stereocenters. The van der Waals surface area contributed by atoms with Gasteiger partial charge in [0.1, 0.15) is 0 Å². The van der Waals surface area contributed by atoms with Crippen LogP contribution >= 0.6 is 22.9 Å². The minimum Gasteiger partial charge on any atom is -0.350 e. The predicted molar refractivity (Wildman–Crippen MR) is 77.0 cm³/mol. The first-order valence-corrected chi connectivity index (χ1v) is 7.13. The molecule has 19 heavy (non-hydrogen) atoms. The number of nitrogens with two attached hydrogens (primary N) is 1. The standard InChI is InChI=1S/C12H18ClN3O2S/c1-7(2)11(14)12(18)16-6-10(17)15-5-8-3-4-9(13)19-8/h3-4,7,11H,5-6,14H2,1-2H3,(H,15,17)(H,16,18)/t11-/m0/s1. The van der Waals surface area contributed by atoms with Gasteiger partial charge < -0.3 is 16.4 Å². The Morgan fingerprint density at radius 2 is 2.05 bits per heavy atom. The first kappa shape index (κ1) is 15.9. The van der Waals surface area contributed by atoms with Crippen molar-refractivity contribution in [3.05, 3.63) is 21.3 Å². The third-order valence-electron chi connectivity index (χ3n) is 2.53. The van der Waals surface area contributed by atoms with Crippen molar-refractivity contribution in [3.8, 4) is 0 Å². The third-order valence-corrected chi connectivity index (χ3v) is 3.76.